The largest absolute Gasteiger partial charge is 0.507 e. The third-order valence-electron chi connectivity index (χ3n) is 3.28. The second-order valence-electron chi connectivity index (χ2n) is 4.37. The van der Waals surface area contributed by atoms with Crippen molar-refractivity contribution in [3.63, 3.8) is 0 Å². The van der Waals surface area contributed by atoms with Gasteiger partial charge in [0.1, 0.15) is 11.5 Å². The van der Waals surface area contributed by atoms with Crippen LogP contribution in [0.15, 0.2) is 30.3 Å². The molecule has 94 valence electrons. The van der Waals surface area contributed by atoms with E-state index in [2.05, 4.69) is 0 Å². The number of phenols is 2. The molecule has 1 aliphatic carbocycles. The zero-order valence-electron chi connectivity index (χ0n) is 9.86. The van der Waals surface area contributed by atoms with Crippen molar-refractivity contribution < 1.29 is 10.2 Å². The van der Waals surface area contributed by atoms with Gasteiger partial charge in [-0.3, -0.25) is 10.8 Å². The molecule has 0 aromatic heterocycles. The Hall–Kier alpha value is -2.82. The molecule has 5 nitrogen and oxygen atoms in total. The number of aromatic hydroxyl groups is 2. The highest BCUT2D eigenvalue weighted by Gasteiger charge is 2.30. The summed E-state index contributed by atoms with van der Waals surface area (Å²) in [5.74, 6) is -0.271. The van der Waals surface area contributed by atoms with Crippen molar-refractivity contribution in [2.45, 2.75) is 0 Å². The van der Waals surface area contributed by atoms with Crippen LogP contribution >= 0.6 is 0 Å². The molecular formula is C14H11N3O2. The minimum atomic E-state index is -0.142. The Morgan fingerprint density at radius 3 is 2.00 bits per heavy atom. The first-order chi connectivity index (χ1) is 9.02. The molecule has 0 fully saturated rings. The Labute approximate surface area is 109 Å². The maximum atomic E-state index is 9.90. The van der Waals surface area contributed by atoms with E-state index in [1.807, 2.05) is 0 Å². The highest BCUT2D eigenvalue weighted by atomic mass is 16.3. The summed E-state index contributed by atoms with van der Waals surface area (Å²) >= 11 is 0. The van der Waals surface area contributed by atoms with Crippen LogP contribution in [0.1, 0.15) is 22.3 Å². The van der Waals surface area contributed by atoms with E-state index < -0.39 is 0 Å². The van der Waals surface area contributed by atoms with Crippen molar-refractivity contribution in [2.75, 3.05) is 5.73 Å². The summed E-state index contributed by atoms with van der Waals surface area (Å²) in [6.45, 7) is 0. The van der Waals surface area contributed by atoms with Crippen molar-refractivity contribution in [1.29, 1.82) is 10.8 Å². The molecule has 2 aromatic carbocycles. The van der Waals surface area contributed by atoms with Gasteiger partial charge in [0.05, 0.1) is 22.6 Å². The van der Waals surface area contributed by atoms with Crippen molar-refractivity contribution in [3.05, 3.63) is 52.6 Å². The van der Waals surface area contributed by atoms with Gasteiger partial charge in [-0.05, 0) is 18.2 Å². The molecular weight excluding hydrogens is 242 g/mol. The van der Waals surface area contributed by atoms with Gasteiger partial charge < -0.3 is 15.9 Å². The second-order valence-corrected chi connectivity index (χ2v) is 4.37. The molecule has 0 atom stereocenters. The second kappa shape index (κ2) is 3.58. The van der Waals surface area contributed by atoms with Gasteiger partial charge in [-0.15, -0.1) is 0 Å². The number of anilines is 1. The molecule has 19 heavy (non-hydrogen) atoms. The lowest BCUT2D eigenvalue weighted by Gasteiger charge is -2.24. The molecule has 0 amide bonds. The number of nitrogens with two attached hydrogens (primary N) is 1. The van der Waals surface area contributed by atoms with E-state index in [1.54, 1.807) is 18.2 Å². The fourth-order valence-corrected chi connectivity index (χ4v) is 2.40. The molecule has 0 radical (unpaired) electrons. The van der Waals surface area contributed by atoms with E-state index in [-0.39, 0.29) is 34.0 Å². The quantitative estimate of drug-likeness (QED) is 0.311. The molecule has 6 N–H and O–H groups in total. The number of phenolic OH excluding ortho intramolecular Hbond substituents is 2. The lowest BCUT2D eigenvalue weighted by Crippen LogP contribution is -2.22. The van der Waals surface area contributed by atoms with Crippen LogP contribution in [0, 0.1) is 10.8 Å². The molecule has 0 aliphatic heterocycles. The Morgan fingerprint density at radius 1 is 0.789 bits per heavy atom. The van der Waals surface area contributed by atoms with Gasteiger partial charge in [-0.2, -0.15) is 0 Å². The monoisotopic (exact) mass is 253 g/mol. The number of nitrogens with one attached hydrogen (secondary N) is 2. The number of nitrogen functional groups attached to an aromatic ring is 1. The maximum Gasteiger partial charge on any atom is 0.125 e. The van der Waals surface area contributed by atoms with E-state index in [4.69, 9.17) is 16.6 Å². The van der Waals surface area contributed by atoms with Crippen molar-refractivity contribution in [1.82, 2.24) is 0 Å². The van der Waals surface area contributed by atoms with Crippen LogP contribution in [-0.2, 0) is 0 Å². The summed E-state index contributed by atoms with van der Waals surface area (Å²) in [7, 11) is 0. The van der Waals surface area contributed by atoms with Crippen molar-refractivity contribution in [2.24, 2.45) is 0 Å². The van der Waals surface area contributed by atoms with Gasteiger partial charge in [0.25, 0.3) is 0 Å². The molecule has 0 heterocycles. The summed E-state index contributed by atoms with van der Waals surface area (Å²) in [4.78, 5) is 0. The molecule has 0 unspecified atom stereocenters. The third kappa shape index (κ3) is 1.35. The predicted molar refractivity (Wildman–Crippen MR) is 72.5 cm³/mol. The average Bonchev–Trinajstić information content (AvgIpc) is 2.38. The molecule has 0 saturated heterocycles. The number of fused-ring (bicyclic) bond motifs is 2. The van der Waals surface area contributed by atoms with E-state index in [9.17, 15) is 10.2 Å². The summed E-state index contributed by atoms with van der Waals surface area (Å²) in [6.07, 6.45) is 0. The molecule has 2 aromatic rings. The van der Waals surface area contributed by atoms with Crippen LogP contribution in [0.3, 0.4) is 0 Å². The smallest absolute Gasteiger partial charge is 0.125 e. The molecule has 0 saturated carbocycles. The maximum absolute atomic E-state index is 9.90. The number of hydrogen-bond acceptors (Lipinski definition) is 5. The van der Waals surface area contributed by atoms with E-state index in [0.29, 0.717) is 16.8 Å². The van der Waals surface area contributed by atoms with Crippen LogP contribution < -0.4 is 5.73 Å². The Balaban J connectivity index is 2.43. The topological polar surface area (TPSA) is 114 Å². The molecule has 0 bridgehead atoms. The lowest BCUT2D eigenvalue weighted by molar-refractivity contribution is 0.458. The SMILES string of the molecule is N=C1c2cccc(N)c2C(=N)c2c(O)ccc(O)c21. The molecule has 3 rings (SSSR count). The molecule has 0 spiro atoms. The zero-order valence-corrected chi connectivity index (χ0v) is 9.86. The first-order valence-corrected chi connectivity index (χ1v) is 5.64. The van der Waals surface area contributed by atoms with Gasteiger partial charge in [-0.25, -0.2) is 0 Å². The standard InChI is InChI=1S/C14H11N3O2/c15-7-3-1-2-6-10(7)14(17)12-9(19)5-4-8(18)11(12)13(6)16/h1-5,16-19H,15H2. The van der Waals surface area contributed by atoms with Gasteiger partial charge >= 0.3 is 0 Å². The third-order valence-corrected chi connectivity index (χ3v) is 3.28. The summed E-state index contributed by atoms with van der Waals surface area (Å²) < 4.78 is 0. The molecule has 1 aliphatic rings. The van der Waals surface area contributed by atoms with Crippen LogP contribution in [-0.4, -0.2) is 21.6 Å². The minimum Gasteiger partial charge on any atom is -0.507 e. The van der Waals surface area contributed by atoms with Crippen LogP contribution in [0.2, 0.25) is 0 Å². The lowest BCUT2D eigenvalue weighted by atomic mass is 9.81. The van der Waals surface area contributed by atoms with E-state index in [1.165, 1.54) is 12.1 Å². The minimum absolute atomic E-state index is 0.0208. The highest BCUT2D eigenvalue weighted by molar-refractivity contribution is 6.33. The predicted octanol–water partition coefficient (Wildman–Crippen LogP) is 1.83. The van der Waals surface area contributed by atoms with Crippen LogP contribution in [0.5, 0.6) is 11.5 Å². The number of hydrogen-bond donors (Lipinski definition) is 5. The van der Waals surface area contributed by atoms with Crippen molar-refractivity contribution in [3.8, 4) is 11.5 Å². The normalized spacial score (nSPS) is 13.1. The van der Waals surface area contributed by atoms with Gasteiger partial charge in [-0.1, -0.05) is 12.1 Å². The van der Waals surface area contributed by atoms with E-state index in [0.717, 1.165) is 0 Å². The fourth-order valence-electron chi connectivity index (χ4n) is 2.40. The first-order valence-electron chi connectivity index (χ1n) is 5.64. The van der Waals surface area contributed by atoms with Gasteiger partial charge in [0.15, 0.2) is 0 Å². The van der Waals surface area contributed by atoms with Gasteiger partial charge in [0, 0.05) is 16.8 Å². The highest BCUT2D eigenvalue weighted by Crippen LogP contribution is 2.38. The Bertz CT molecular complexity index is 751. The number of rotatable bonds is 0. The summed E-state index contributed by atoms with van der Waals surface area (Å²) in [5.41, 5.74) is 7.53. The first kappa shape index (κ1) is 11.3. The zero-order chi connectivity index (χ0) is 13.7. The van der Waals surface area contributed by atoms with Gasteiger partial charge in [0.2, 0.25) is 0 Å². The number of benzene rings is 2. The van der Waals surface area contributed by atoms with Crippen molar-refractivity contribution >= 4 is 17.1 Å². The van der Waals surface area contributed by atoms with E-state index >= 15 is 0 Å². The summed E-state index contributed by atoms with van der Waals surface area (Å²) in [6, 6.07) is 7.63. The average molecular weight is 253 g/mol. The van der Waals surface area contributed by atoms with Crippen LogP contribution in [0.4, 0.5) is 5.69 Å². The van der Waals surface area contributed by atoms with Crippen LogP contribution in [0.25, 0.3) is 0 Å². The summed E-state index contributed by atoms with van der Waals surface area (Å²) in [5, 5.41) is 36.1. The Kier molecular flexibility index (Phi) is 2.13. The molecule has 5 heteroatoms. The Morgan fingerprint density at radius 2 is 1.37 bits per heavy atom. The fraction of sp³-hybridized carbons (Fsp3) is 0.